The van der Waals surface area contributed by atoms with Gasteiger partial charge in [0.15, 0.2) is 0 Å². The number of ether oxygens (including phenoxy) is 4. The summed E-state index contributed by atoms with van der Waals surface area (Å²) in [4.78, 5) is 25.5. The first kappa shape index (κ1) is 29.4. The third-order valence-electron chi connectivity index (χ3n) is 5.97. The molecule has 2 aromatic carbocycles. The van der Waals surface area contributed by atoms with Crippen molar-refractivity contribution in [1.82, 2.24) is 0 Å². The zero-order valence-electron chi connectivity index (χ0n) is 21.4. The number of benzene rings is 2. The molecule has 0 bridgehead atoms. The van der Waals surface area contributed by atoms with Gasteiger partial charge in [0.25, 0.3) is 0 Å². The molecule has 1 heterocycles. The average Bonchev–Trinajstić information content (AvgIpc) is 3.23. The van der Waals surface area contributed by atoms with Gasteiger partial charge >= 0.3 is 11.9 Å². The van der Waals surface area contributed by atoms with Crippen molar-refractivity contribution in [2.24, 2.45) is 0 Å². The topological polar surface area (TPSA) is 111 Å². The van der Waals surface area contributed by atoms with Gasteiger partial charge in [0, 0.05) is 13.0 Å². The van der Waals surface area contributed by atoms with Crippen molar-refractivity contribution in [2.75, 3.05) is 13.2 Å². The van der Waals surface area contributed by atoms with E-state index in [2.05, 4.69) is 6.58 Å². The summed E-state index contributed by atoms with van der Waals surface area (Å²) in [5.41, 5.74) is 1.20. The minimum atomic E-state index is -2.46. The zero-order valence-corrected chi connectivity index (χ0v) is 22.2. The predicted octanol–water partition coefficient (Wildman–Crippen LogP) is 4.75. The van der Waals surface area contributed by atoms with E-state index in [1.807, 2.05) is 6.92 Å². The minimum Gasteiger partial charge on any atom is -0.769 e. The Labute approximate surface area is 225 Å². The number of carbonyl (C=O) groups excluding carboxylic acids is 2. The summed E-state index contributed by atoms with van der Waals surface area (Å²) in [6, 6.07) is 17.0. The Hall–Kier alpha value is -3.11. The van der Waals surface area contributed by atoms with Crippen LogP contribution in [0.4, 0.5) is 0 Å². The Bertz CT molecular complexity index is 1100. The number of unbranched alkanes of at least 4 members (excludes halogenated alkanes) is 1. The van der Waals surface area contributed by atoms with E-state index in [-0.39, 0.29) is 13.0 Å². The van der Waals surface area contributed by atoms with Crippen LogP contribution in [0.15, 0.2) is 84.3 Å². The summed E-state index contributed by atoms with van der Waals surface area (Å²) >= 11 is -2.46. The molecule has 38 heavy (non-hydrogen) atoms. The molecular weight excluding hydrogens is 508 g/mol. The van der Waals surface area contributed by atoms with Crippen LogP contribution in [0.5, 0.6) is 0 Å². The van der Waals surface area contributed by atoms with E-state index in [1.165, 1.54) is 0 Å². The molecule has 1 fully saturated rings. The maximum Gasteiger partial charge on any atom is 0.338 e. The zero-order chi connectivity index (χ0) is 27.3. The molecule has 5 atom stereocenters. The second-order valence-corrected chi connectivity index (χ2v) is 9.56. The Morgan fingerprint density at radius 1 is 1.08 bits per heavy atom. The molecule has 0 amide bonds. The largest absolute Gasteiger partial charge is 0.769 e. The lowest BCUT2D eigenvalue weighted by Crippen LogP contribution is -2.35. The number of esters is 2. The van der Waals surface area contributed by atoms with Crippen LogP contribution in [0, 0.1) is 0 Å². The molecule has 1 aliphatic rings. The van der Waals surface area contributed by atoms with Gasteiger partial charge in [0.2, 0.25) is 0 Å². The fourth-order valence-electron chi connectivity index (χ4n) is 4.12. The van der Waals surface area contributed by atoms with Crippen molar-refractivity contribution < 1.29 is 37.3 Å². The van der Waals surface area contributed by atoms with Gasteiger partial charge in [-0.1, -0.05) is 55.8 Å². The molecule has 0 aromatic heterocycles. The van der Waals surface area contributed by atoms with E-state index in [0.717, 1.165) is 18.2 Å². The average molecular weight is 542 g/mol. The van der Waals surface area contributed by atoms with Crippen LogP contribution in [0.1, 0.15) is 53.3 Å². The van der Waals surface area contributed by atoms with E-state index >= 15 is 0 Å². The van der Waals surface area contributed by atoms with E-state index in [4.69, 9.17) is 18.9 Å². The van der Waals surface area contributed by atoms with Crippen LogP contribution in [0.25, 0.3) is 0 Å². The fraction of sp³-hybridized carbons (Fsp3) is 0.379. The Morgan fingerprint density at radius 2 is 1.71 bits per heavy atom. The number of carbonyl (C=O) groups is 2. The van der Waals surface area contributed by atoms with E-state index in [0.29, 0.717) is 29.7 Å². The molecule has 0 radical (unpaired) electrons. The quantitative estimate of drug-likeness (QED) is 0.146. The standard InChI is InChI=1S/C29H34O8S/c1-3-5-17-34-27-24(20-38(32)33)25(12-4-2)37-26(27)18-23(36-29(31)22-15-10-7-11-16-22)19-35-28(30)21-13-8-6-9-14-21/h4,6-11,13-16,20,23,25-27H,2-3,5,12,17-19H2,1H3,(H,32,33)/p-1/t23-,25-,26+,27+/m0/s1. The maximum absolute atomic E-state index is 12.9. The molecule has 3 rings (SSSR count). The lowest BCUT2D eigenvalue weighted by Gasteiger charge is -2.25. The predicted molar refractivity (Wildman–Crippen MR) is 142 cm³/mol. The van der Waals surface area contributed by atoms with Gasteiger partial charge in [0.1, 0.15) is 18.8 Å². The van der Waals surface area contributed by atoms with Gasteiger partial charge in [-0.15, -0.1) is 6.58 Å². The van der Waals surface area contributed by atoms with Crippen molar-refractivity contribution in [1.29, 1.82) is 0 Å². The van der Waals surface area contributed by atoms with Gasteiger partial charge in [-0.05, 0) is 59.2 Å². The summed E-state index contributed by atoms with van der Waals surface area (Å²) in [6.45, 7) is 5.96. The second kappa shape index (κ2) is 15.3. The van der Waals surface area contributed by atoms with Crippen molar-refractivity contribution >= 4 is 23.0 Å². The SMILES string of the molecule is C=CC[C@@H]1O[C@H](C[C@@H](COC(=O)c2ccccc2)OC(=O)c2ccccc2)[C@H](OCCCC)C1=CS(=O)[O-]. The molecule has 1 saturated heterocycles. The molecule has 9 heteroatoms. The first-order valence-electron chi connectivity index (χ1n) is 12.6. The summed E-state index contributed by atoms with van der Waals surface area (Å²) in [6.07, 6.45) is 1.07. The molecule has 0 aliphatic carbocycles. The van der Waals surface area contributed by atoms with Crippen LogP contribution in [0.2, 0.25) is 0 Å². The molecular formula is C29H33O8S-. The highest BCUT2D eigenvalue weighted by Gasteiger charge is 2.42. The van der Waals surface area contributed by atoms with Crippen LogP contribution < -0.4 is 0 Å². The van der Waals surface area contributed by atoms with Gasteiger partial charge < -0.3 is 23.5 Å². The highest BCUT2D eigenvalue weighted by atomic mass is 32.2. The van der Waals surface area contributed by atoms with Gasteiger partial charge in [-0.2, -0.15) is 0 Å². The van der Waals surface area contributed by atoms with E-state index < -0.39 is 47.4 Å². The van der Waals surface area contributed by atoms with Crippen molar-refractivity contribution in [3.8, 4) is 0 Å². The highest BCUT2D eigenvalue weighted by Crippen LogP contribution is 2.34. The monoisotopic (exact) mass is 541 g/mol. The third kappa shape index (κ3) is 8.73. The summed E-state index contributed by atoms with van der Waals surface area (Å²) in [7, 11) is 0. The van der Waals surface area contributed by atoms with Crippen LogP contribution in [0.3, 0.4) is 0 Å². The lowest BCUT2D eigenvalue weighted by molar-refractivity contribution is -0.0591. The van der Waals surface area contributed by atoms with E-state index in [1.54, 1.807) is 66.7 Å². The van der Waals surface area contributed by atoms with Crippen molar-refractivity contribution in [3.05, 3.63) is 95.4 Å². The normalized spacial score (nSPS) is 21.5. The molecule has 0 saturated carbocycles. The van der Waals surface area contributed by atoms with Gasteiger partial charge in [-0.3, -0.25) is 4.21 Å². The van der Waals surface area contributed by atoms with Crippen LogP contribution in [-0.2, 0) is 30.0 Å². The highest BCUT2D eigenvalue weighted by molar-refractivity contribution is 7.82. The van der Waals surface area contributed by atoms with Crippen molar-refractivity contribution in [2.45, 2.75) is 57.0 Å². The minimum absolute atomic E-state index is 0.119. The Morgan fingerprint density at radius 3 is 2.29 bits per heavy atom. The molecule has 8 nitrogen and oxygen atoms in total. The number of hydrogen-bond donors (Lipinski definition) is 0. The molecule has 1 unspecified atom stereocenters. The molecule has 0 N–H and O–H groups in total. The Kier molecular flexibility index (Phi) is 11.9. The van der Waals surface area contributed by atoms with E-state index in [9.17, 15) is 18.4 Å². The first-order chi connectivity index (χ1) is 18.4. The van der Waals surface area contributed by atoms with Gasteiger partial charge in [0.05, 0.1) is 23.3 Å². The van der Waals surface area contributed by atoms with Gasteiger partial charge in [-0.25, -0.2) is 9.59 Å². The second-order valence-electron chi connectivity index (χ2n) is 8.80. The molecule has 2 aromatic rings. The fourth-order valence-corrected chi connectivity index (χ4v) is 4.63. The Balaban J connectivity index is 1.82. The number of hydrogen-bond acceptors (Lipinski definition) is 8. The summed E-state index contributed by atoms with van der Waals surface area (Å²) in [5, 5.41) is 1.12. The van der Waals surface area contributed by atoms with Crippen LogP contribution >= 0.6 is 0 Å². The van der Waals surface area contributed by atoms with Crippen LogP contribution in [-0.4, -0.2) is 58.3 Å². The molecule has 0 spiro atoms. The third-order valence-corrected chi connectivity index (χ3v) is 6.44. The smallest absolute Gasteiger partial charge is 0.338 e. The summed E-state index contributed by atoms with van der Waals surface area (Å²) < 4.78 is 46.7. The molecule has 1 aliphatic heterocycles. The summed E-state index contributed by atoms with van der Waals surface area (Å²) in [5.74, 6) is -1.13. The molecule has 204 valence electrons. The lowest BCUT2D eigenvalue weighted by atomic mass is 10.00. The maximum atomic E-state index is 12.9. The first-order valence-corrected chi connectivity index (χ1v) is 13.7. The van der Waals surface area contributed by atoms with Crippen molar-refractivity contribution in [3.63, 3.8) is 0 Å². The number of rotatable bonds is 14.